The molecule has 2 fully saturated rings. The number of anilines is 1. The molecule has 1 aliphatic heterocycles. The summed E-state index contributed by atoms with van der Waals surface area (Å²) in [7, 11) is 1.67. The van der Waals surface area contributed by atoms with E-state index in [1.165, 1.54) is 0 Å². The molecule has 0 N–H and O–H groups in total. The van der Waals surface area contributed by atoms with Gasteiger partial charge in [-0.05, 0) is 25.0 Å². The number of halogens is 1. The van der Waals surface area contributed by atoms with Crippen LogP contribution in [0.5, 0.6) is 0 Å². The molecule has 1 amide bonds. The quantitative estimate of drug-likeness (QED) is 0.856. The molecule has 1 aromatic carbocycles. The highest BCUT2D eigenvalue weighted by atomic mass is 35.5. The first-order chi connectivity index (χ1) is 10.2. The summed E-state index contributed by atoms with van der Waals surface area (Å²) in [6, 6.07) is 7.88. The normalized spacial score (nSPS) is 20.5. The van der Waals surface area contributed by atoms with E-state index in [2.05, 4.69) is 4.90 Å². The lowest BCUT2D eigenvalue weighted by molar-refractivity contribution is -0.139. The third-order valence-corrected chi connectivity index (χ3v) is 4.81. The molecule has 0 radical (unpaired) electrons. The number of piperazine rings is 1. The van der Waals surface area contributed by atoms with Crippen molar-refractivity contribution in [1.82, 2.24) is 4.90 Å². The number of benzene rings is 1. The largest absolute Gasteiger partial charge is 0.384 e. The number of para-hydroxylation sites is 1. The standard InChI is InChI=1S/C16H21ClN2O2/c1-21-12-16(6-7-16)15(20)19-10-8-18(9-11-19)14-5-3-2-4-13(14)17/h2-5H,6-12H2,1H3. The van der Waals surface area contributed by atoms with Crippen LogP contribution in [0.25, 0.3) is 0 Å². The van der Waals surface area contributed by atoms with Crippen LogP contribution >= 0.6 is 11.6 Å². The Kier molecular flexibility index (Phi) is 4.09. The second kappa shape index (κ2) is 5.85. The number of carbonyl (C=O) groups is 1. The van der Waals surface area contributed by atoms with E-state index in [1.807, 2.05) is 29.2 Å². The van der Waals surface area contributed by atoms with Crippen molar-refractivity contribution in [3.8, 4) is 0 Å². The van der Waals surface area contributed by atoms with E-state index >= 15 is 0 Å². The highest BCUT2D eigenvalue weighted by Crippen LogP contribution is 2.47. The molecule has 1 saturated heterocycles. The van der Waals surface area contributed by atoms with Gasteiger partial charge >= 0.3 is 0 Å². The molecule has 0 atom stereocenters. The van der Waals surface area contributed by atoms with E-state index in [1.54, 1.807) is 7.11 Å². The van der Waals surface area contributed by atoms with Gasteiger partial charge in [0.25, 0.3) is 0 Å². The molecule has 5 heteroatoms. The van der Waals surface area contributed by atoms with E-state index in [0.717, 1.165) is 49.7 Å². The van der Waals surface area contributed by atoms with Crippen LogP contribution < -0.4 is 4.90 Å². The average Bonchev–Trinajstić information content (AvgIpc) is 3.29. The van der Waals surface area contributed by atoms with Crippen molar-refractivity contribution in [1.29, 1.82) is 0 Å². The minimum absolute atomic E-state index is 0.221. The molecule has 4 nitrogen and oxygen atoms in total. The minimum Gasteiger partial charge on any atom is -0.384 e. The monoisotopic (exact) mass is 308 g/mol. The van der Waals surface area contributed by atoms with Gasteiger partial charge in [0.15, 0.2) is 0 Å². The summed E-state index contributed by atoms with van der Waals surface area (Å²) in [4.78, 5) is 16.8. The first-order valence-electron chi connectivity index (χ1n) is 7.44. The van der Waals surface area contributed by atoms with E-state index in [-0.39, 0.29) is 11.3 Å². The van der Waals surface area contributed by atoms with Gasteiger partial charge in [-0.3, -0.25) is 4.79 Å². The molecule has 1 aliphatic carbocycles. The summed E-state index contributed by atoms with van der Waals surface area (Å²) in [5.41, 5.74) is 0.839. The lowest BCUT2D eigenvalue weighted by Crippen LogP contribution is -2.51. The molecular formula is C16H21ClN2O2. The average molecular weight is 309 g/mol. The summed E-state index contributed by atoms with van der Waals surface area (Å²) in [6.07, 6.45) is 1.93. The number of methoxy groups -OCH3 is 1. The molecule has 114 valence electrons. The van der Waals surface area contributed by atoms with Gasteiger partial charge < -0.3 is 14.5 Å². The van der Waals surface area contributed by atoms with Gasteiger partial charge in [-0.25, -0.2) is 0 Å². The van der Waals surface area contributed by atoms with E-state index in [4.69, 9.17) is 16.3 Å². The maximum atomic E-state index is 12.6. The number of amides is 1. The van der Waals surface area contributed by atoms with Crippen molar-refractivity contribution < 1.29 is 9.53 Å². The summed E-state index contributed by atoms with van der Waals surface area (Å²) in [6.45, 7) is 3.73. The maximum absolute atomic E-state index is 12.6. The second-order valence-corrected chi connectivity index (χ2v) is 6.35. The van der Waals surface area contributed by atoms with Gasteiger partial charge in [-0.15, -0.1) is 0 Å². The van der Waals surface area contributed by atoms with Crippen molar-refractivity contribution in [2.45, 2.75) is 12.8 Å². The lowest BCUT2D eigenvalue weighted by atomic mass is 10.1. The van der Waals surface area contributed by atoms with Crippen LogP contribution in [0.3, 0.4) is 0 Å². The summed E-state index contributed by atoms with van der Waals surface area (Å²) < 4.78 is 5.21. The third-order valence-electron chi connectivity index (χ3n) is 4.49. The van der Waals surface area contributed by atoms with Gasteiger partial charge in [-0.1, -0.05) is 23.7 Å². The van der Waals surface area contributed by atoms with Gasteiger partial charge in [0.1, 0.15) is 0 Å². The number of ether oxygens (including phenoxy) is 1. The number of rotatable bonds is 4. The summed E-state index contributed by atoms with van der Waals surface area (Å²) in [5, 5.41) is 0.773. The molecule has 3 rings (SSSR count). The molecular weight excluding hydrogens is 288 g/mol. The number of carbonyl (C=O) groups excluding carboxylic acids is 1. The zero-order valence-electron chi connectivity index (χ0n) is 12.3. The molecule has 0 bridgehead atoms. The Labute approximate surface area is 130 Å². The van der Waals surface area contributed by atoms with Crippen LogP contribution in [0.1, 0.15) is 12.8 Å². The number of nitrogens with zero attached hydrogens (tertiary/aromatic N) is 2. The van der Waals surface area contributed by atoms with Crippen LogP contribution in [-0.4, -0.2) is 50.7 Å². The van der Waals surface area contributed by atoms with Gasteiger partial charge in [0.05, 0.1) is 22.7 Å². The minimum atomic E-state index is -0.221. The smallest absolute Gasteiger partial charge is 0.231 e. The molecule has 0 aromatic heterocycles. The molecule has 21 heavy (non-hydrogen) atoms. The van der Waals surface area contributed by atoms with Crippen molar-refractivity contribution in [3.05, 3.63) is 29.3 Å². The van der Waals surface area contributed by atoms with Gasteiger partial charge in [0.2, 0.25) is 5.91 Å². The fourth-order valence-electron chi connectivity index (χ4n) is 3.04. The van der Waals surface area contributed by atoms with Crippen molar-refractivity contribution >= 4 is 23.2 Å². The van der Waals surface area contributed by atoms with E-state index in [0.29, 0.717) is 6.61 Å². The Bertz CT molecular complexity index is 523. The zero-order chi connectivity index (χ0) is 14.9. The van der Waals surface area contributed by atoms with Crippen LogP contribution in [0, 0.1) is 5.41 Å². The molecule has 2 aliphatic rings. The SMILES string of the molecule is COCC1(C(=O)N2CCN(c3ccccc3Cl)CC2)CC1. The Hall–Kier alpha value is -1.26. The van der Waals surface area contributed by atoms with Crippen molar-refractivity contribution in [2.24, 2.45) is 5.41 Å². The Morgan fingerprint density at radius 2 is 1.90 bits per heavy atom. The summed E-state index contributed by atoms with van der Waals surface area (Å²) >= 11 is 6.24. The highest BCUT2D eigenvalue weighted by Gasteiger charge is 2.52. The first-order valence-corrected chi connectivity index (χ1v) is 7.82. The van der Waals surface area contributed by atoms with Crippen LogP contribution in [-0.2, 0) is 9.53 Å². The maximum Gasteiger partial charge on any atom is 0.231 e. The van der Waals surface area contributed by atoms with Crippen LogP contribution in [0.15, 0.2) is 24.3 Å². The highest BCUT2D eigenvalue weighted by molar-refractivity contribution is 6.33. The molecule has 1 heterocycles. The number of hydrogen-bond donors (Lipinski definition) is 0. The molecule has 1 saturated carbocycles. The van der Waals surface area contributed by atoms with Crippen LogP contribution in [0.2, 0.25) is 5.02 Å². The third kappa shape index (κ3) is 2.87. The van der Waals surface area contributed by atoms with Gasteiger partial charge in [0, 0.05) is 33.3 Å². The fraction of sp³-hybridized carbons (Fsp3) is 0.562. The second-order valence-electron chi connectivity index (χ2n) is 5.94. The Balaban J connectivity index is 1.61. The predicted molar refractivity (Wildman–Crippen MR) is 83.8 cm³/mol. The topological polar surface area (TPSA) is 32.8 Å². The molecule has 1 aromatic rings. The molecule has 0 spiro atoms. The summed E-state index contributed by atoms with van der Waals surface area (Å²) in [5.74, 6) is 0.267. The Morgan fingerprint density at radius 1 is 1.24 bits per heavy atom. The predicted octanol–water partition coefficient (Wildman–Crippen LogP) is 2.42. The zero-order valence-corrected chi connectivity index (χ0v) is 13.1. The van der Waals surface area contributed by atoms with Crippen molar-refractivity contribution in [2.75, 3.05) is 44.8 Å². The van der Waals surface area contributed by atoms with Crippen molar-refractivity contribution in [3.63, 3.8) is 0 Å². The lowest BCUT2D eigenvalue weighted by Gasteiger charge is -2.38. The van der Waals surface area contributed by atoms with E-state index < -0.39 is 0 Å². The van der Waals surface area contributed by atoms with Crippen LogP contribution in [0.4, 0.5) is 5.69 Å². The number of hydrogen-bond acceptors (Lipinski definition) is 3. The van der Waals surface area contributed by atoms with Gasteiger partial charge in [-0.2, -0.15) is 0 Å². The molecule has 0 unspecified atom stereocenters. The van der Waals surface area contributed by atoms with E-state index in [9.17, 15) is 4.79 Å². The first kappa shape index (κ1) is 14.7. The fourth-order valence-corrected chi connectivity index (χ4v) is 3.30. The Morgan fingerprint density at radius 3 is 2.48 bits per heavy atom.